The SMILES string of the molecule is Cc1cc(C(=O)NCC2CC(N)C2)ccc1O. The van der Waals surface area contributed by atoms with E-state index in [1.165, 1.54) is 0 Å². The molecule has 17 heavy (non-hydrogen) atoms. The fraction of sp³-hybridized carbons (Fsp3) is 0.462. The summed E-state index contributed by atoms with van der Waals surface area (Å²) in [5.74, 6) is 0.646. The first-order valence-electron chi connectivity index (χ1n) is 5.89. The lowest BCUT2D eigenvalue weighted by Gasteiger charge is -2.32. The fourth-order valence-electron chi connectivity index (χ4n) is 2.09. The van der Waals surface area contributed by atoms with Gasteiger partial charge in [-0.2, -0.15) is 0 Å². The summed E-state index contributed by atoms with van der Waals surface area (Å²) in [7, 11) is 0. The predicted molar refractivity (Wildman–Crippen MR) is 65.9 cm³/mol. The van der Waals surface area contributed by atoms with E-state index >= 15 is 0 Å². The van der Waals surface area contributed by atoms with Crippen LogP contribution in [-0.4, -0.2) is 23.6 Å². The highest BCUT2D eigenvalue weighted by Crippen LogP contribution is 2.24. The van der Waals surface area contributed by atoms with E-state index in [1.807, 2.05) is 0 Å². The molecule has 0 radical (unpaired) electrons. The van der Waals surface area contributed by atoms with Gasteiger partial charge >= 0.3 is 0 Å². The van der Waals surface area contributed by atoms with E-state index in [2.05, 4.69) is 5.32 Å². The number of nitrogens with one attached hydrogen (secondary N) is 1. The quantitative estimate of drug-likeness (QED) is 0.734. The normalized spacial score (nSPS) is 22.9. The van der Waals surface area contributed by atoms with E-state index in [1.54, 1.807) is 25.1 Å². The number of phenolic OH excluding ortho intramolecular Hbond substituents is 1. The maximum Gasteiger partial charge on any atom is 0.251 e. The van der Waals surface area contributed by atoms with Crippen LogP contribution in [0.2, 0.25) is 0 Å². The second kappa shape index (κ2) is 4.75. The summed E-state index contributed by atoms with van der Waals surface area (Å²) in [5.41, 5.74) is 6.98. The first-order valence-corrected chi connectivity index (χ1v) is 5.89. The molecule has 0 heterocycles. The van der Waals surface area contributed by atoms with Gasteiger partial charge < -0.3 is 16.2 Å². The molecule has 0 aromatic heterocycles. The molecule has 1 aromatic carbocycles. The third kappa shape index (κ3) is 2.77. The average Bonchev–Trinajstić information content (AvgIpc) is 2.26. The van der Waals surface area contributed by atoms with Crippen molar-refractivity contribution in [3.05, 3.63) is 29.3 Å². The van der Waals surface area contributed by atoms with Crippen LogP contribution < -0.4 is 11.1 Å². The summed E-state index contributed by atoms with van der Waals surface area (Å²) >= 11 is 0. The minimum absolute atomic E-state index is 0.0893. The molecular weight excluding hydrogens is 216 g/mol. The number of carbonyl (C=O) groups is 1. The van der Waals surface area contributed by atoms with Crippen LogP contribution in [0.4, 0.5) is 0 Å². The number of aryl methyl sites for hydroxylation is 1. The molecule has 0 bridgehead atoms. The van der Waals surface area contributed by atoms with Crippen LogP contribution in [0.25, 0.3) is 0 Å². The summed E-state index contributed by atoms with van der Waals surface area (Å²) < 4.78 is 0. The molecule has 4 heteroatoms. The Balaban J connectivity index is 1.88. The number of hydrogen-bond donors (Lipinski definition) is 3. The van der Waals surface area contributed by atoms with Gasteiger partial charge in [-0.05, 0) is 49.4 Å². The van der Waals surface area contributed by atoms with E-state index in [0.29, 0.717) is 29.6 Å². The van der Waals surface area contributed by atoms with Crippen LogP contribution in [0, 0.1) is 12.8 Å². The Kier molecular flexibility index (Phi) is 3.33. The number of aromatic hydroxyl groups is 1. The Morgan fingerprint density at radius 3 is 2.82 bits per heavy atom. The van der Waals surface area contributed by atoms with Gasteiger partial charge in [-0.3, -0.25) is 4.79 Å². The van der Waals surface area contributed by atoms with Crippen LogP contribution in [0.1, 0.15) is 28.8 Å². The lowest BCUT2D eigenvalue weighted by Crippen LogP contribution is -2.42. The highest BCUT2D eigenvalue weighted by molar-refractivity contribution is 5.94. The summed E-state index contributed by atoms with van der Waals surface area (Å²) in [4.78, 5) is 11.8. The molecule has 2 rings (SSSR count). The molecule has 0 unspecified atom stereocenters. The van der Waals surface area contributed by atoms with E-state index < -0.39 is 0 Å². The van der Waals surface area contributed by atoms with Crippen molar-refractivity contribution in [1.82, 2.24) is 5.32 Å². The number of rotatable bonds is 3. The second-order valence-corrected chi connectivity index (χ2v) is 4.81. The number of hydrogen-bond acceptors (Lipinski definition) is 3. The van der Waals surface area contributed by atoms with Gasteiger partial charge in [0.05, 0.1) is 0 Å². The summed E-state index contributed by atoms with van der Waals surface area (Å²) in [6, 6.07) is 5.18. The zero-order valence-electron chi connectivity index (χ0n) is 9.94. The van der Waals surface area contributed by atoms with Gasteiger partial charge in [0.1, 0.15) is 5.75 Å². The van der Waals surface area contributed by atoms with Gasteiger partial charge in [0.2, 0.25) is 0 Å². The van der Waals surface area contributed by atoms with Crippen molar-refractivity contribution in [2.75, 3.05) is 6.54 Å². The van der Waals surface area contributed by atoms with Crippen molar-refractivity contribution in [1.29, 1.82) is 0 Å². The maximum absolute atomic E-state index is 11.8. The van der Waals surface area contributed by atoms with Crippen molar-refractivity contribution in [3.63, 3.8) is 0 Å². The van der Waals surface area contributed by atoms with Gasteiger partial charge in [0.15, 0.2) is 0 Å². The Labute approximate surface area is 101 Å². The molecule has 1 saturated carbocycles. The van der Waals surface area contributed by atoms with Gasteiger partial charge in [-0.1, -0.05) is 0 Å². The molecule has 0 spiro atoms. The Morgan fingerprint density at radius 1 is 1.53 bits per heavy atom. The molecule has 0 saturated heterocycles. The fourth-order valence-corrected chi connectivity index (χ4v) is 2.09. The molecule has 1 aromatic rings. The predicted octanol–water partition coefficient (Wildman–Crippen LogP) is 1.17. The van der Waals surface area contributed by atoms with Crippen LogP contribution in [0.5, 0.6) is 5.75 Å². The number of carbonyl (C=O) groups excluding carboxylic acids is 1. The molecule has 1 fully saturated rings. The van der Waals surface area contributed by atoms with E-state index in [4.69, 9.17) is 5.73 Å². The van der Waals surface area contributed by atoms with Crippen molar-refractivity contribution < 1.29 is 9.90 Å². The largest absolute Gasteiger partial charge is 0.508 e. The van der Waals surface area contributed by atoms with E-state index in [9.17, 15) is 9.90 Å². The number of phenols is 1. The van der Waals surface area contributed by atoms with Crippen molar-refractivity contribution >= 4 is 5.91 Å². The monoisotopic (exact) mass is 234 g/mol. The zero-order chi connectivity index (χ0) is 12.4. The summed E-state index contributed by atoms with van der Waals surface area (Å²) in [6.07, 6.45) is 1.99. The minimum Gasteiger partial charge on any atom is -0.508 e. The number of nitrogens with two attached hydrogens (primary N) is 1. The van der Waals surface area contributed by atoms with Crippen LogP contribution >= 0.6 is 0 Å². The third-order valence-electron chi connectivity index (χ3n) is 3.28. The molecule has 0 atom stereocenters. The maximum atomic E-state index is 11.8. The van der Waals surface area contributed by atoms with Gasteiger partial charge in [0.25, 0.3) is 5.91 Å². The highest BCUT2D eigenvalue weighted by atomic mass is 16.3. The zero-order valence-corrected chi connectivity index (χ0v) is 9.94. The number of benzene rings is 1. The Bertz CT molecular complexity index is 425. The van der Waals surface area contributed by atoms with Crippen LogP contribution in [-0.2, 0) is 0 Å². The highest BCUT2D eigenvalue weighted by Gasteiger charge is 2.25. The van der Waals surface area contributed by atoms with Crippen LogP contribution in [0.15, 0.2) is 18.2 Å². The van der Waals surface area contributed by atoms with Gasteiger partial charge in [-0.25, -0.2) is 0 Å². The molecule has 1 amide bonds. The van der Waals surface area contributed by atoms with Crippen molar-refractivity contribution in [2.45, 2.75) is 25.8 Å². The van der Waals surface area contributed by atoms with Crippen molar-refractivity contribution in [3.8, 4) is 5.75 Å². The summed E-state index contributed by atoms with van der Waals surface area (Å²) in [5, 5.41) is 12.3. The van der Waals surface area contributed by atoms with E-state index in [-0.39, 0.29) is 11.7 Å². The average molecular weight is 234 g/mol. The molecular formula is C13H18N2O2. The molecule has 92 valence electrons. The van der Waals surface area contributed by atoms with E-state index in [0.717, 1.165) is 12.8 Å². The Hall–Kier alpha value is -1.55. The smallest absolute Gasteiger partial charge is 0.251 e. The molecule has 1 aliphatic carbocycles. The molecule has 1 aliphatic rings. The Morgan fingerprint density at radius 2 is 2.24 bits per heavy atom. The molecule has 4 N–H and O–H groups in total. The standard InChI is InChI=1S/C13H18N2O2/c1-8-4-10(2-3-12(8)16)13(17)15-7-9-5-11(14)6-9/h2-4,9,11,16H,5-7,14H2,1H3,(H,15,17). The lowest BCUT2D eigenvalue weighted by molar-refractivity contribution is 0.0935. The first-order chi connectivity index (χ1) is 8.06. The molecule has 0 aliphatic heterocycles. The number of amides is 1. The van der Waals surface area contributed by atoms with Gasteiger partial charge in [0, 0.05) is 18.2 Å². The van der Waals surface area contributed by atoms with Gasteiger partial charge in [-0.15, -0.1) is 0 Å². The minimum atomic E-state index is -0.0893. The third-order valence-corrected chi connectivity index (χ3v) is 3.28. The lowest BCUT2D eigenvalue weighted by atomic mass is 9.81. The second-order valence-electron chi connectivity index (χ2n) is 4.81. The molecule has 4 nitrogen and oxygen atoms in total. The first kappa shape index (κ1) is 11.9. The van der Waals surface area contributed by atoms with Crippen LogP contribution in [0.3, 0.4) is 0 Å². The summed E-state index contributed by atoms with van der Waals surface area (Å²) in [6.45, 7) is 2.46. The van der Waals surface area contributed by atoms with Crippen molar-refractivity contribution in [2.24, 2.45) is 11.7 Å². The topological polar surface area (TPSA) is 75.4 Å².